The van der Waals surface area contributed by atoms with E-state index in [2.05, 4.69) is 0 Å². The number of halogens is 1. The number of anilines is 1. The predicted molar refractivity (Wildman–Crippen MR) is 98.6 cm³/mol. The Morgan fingerprint density at radius 3 is 2.40 bits per heavy atom. The molecular formula is C17H26ClN3O4. The van der Waals surface area contributed by atoms with E-state index in [0.29, 0.717) is 49.5 Å². The number of nitrogens with zero attached hydrogens (tertiary/aromatic N) is 2. The number of likely N-dealkylation sites (N-methyl/N-ethyl adjacent to an activating group) is 1. The lowest BCUT2D eigenvalue weighted by Crippen LogP contribution is -2.43. The minimum Gasteiger partial charge on any atom is -0.497 e. The molecule has 25 heavy (non-hydrogen) atoms. The van der Waals surface area contributed by atoms with Gasteiger partial charge in [-0.15, -0.1) is 12.4 Å². The number of methoxy groups -OCH3 is 2. The minimum atomic E-state index is -0.438. The number of hydrogen-bond acceptors (Lipinski definition) is 5. The second kappa shape index (κ2) is 9.48. The zero-order chi connectivity index (χ0) is 17.7. The summed E-state index contributed by atoms with van der Waals surface area (Å²) in [6.07, 6.45) is 1.59. The fourth-order valence-corrected chi connectivity index (χ4v) is 2.83. The summed E-state index contributed by atoms with van der Waals surface area (Å²) in [6, 6.07) is 4.90. The van der Waals surface area contributed by atoms with E-state index in [1.807, 2.05) is 0 Å². The number of benzene rings is 1. The molecule has 1 aliphatic rings. The van der Waals surface area contributed by atoms with Gasteiger partial charge in [-0.3, -0.25) is 9.59 Å². The molecule has 0 aromatic heterocycles. The molecule has 1 atom stereocenters. The van der Waals surface area contributed by atoms with Crippen LogP contribution in [-0.4, -0.2) is 57.1 Å². The van der Waals surface area contributed by atoms with Gasteiger partial charge in [0.2, 0.25) is 11.8 Å². The fourth-order valence-electron chi connectivity index (χ4n) is 2.83. The van der Waals surface area contributed by atoms with Crippen LogP contribution in [0.25, 0.3) is 0 Å². The lowest BCUT2D eigenvalue weighted by molar-refractivity contribution is -0.136. The van der Waals surface area contributed by atoms with Crippen LogP contribution in [-0.2, 0) is 9.59 Å². The van der Waals surface area contributed by atoms with Crippen molar-refractivity contribution in [2.24, 2.45) is 5.73 Å². The van der Waals surface area contributed by atoms with Crippen LogP contribution in [0.15, 0.2) is 18.2 Å². The van der Waals surface area contributed by atoms with Crippen molar-refractivity contribution in [1.82, 2.24) is 4.90 Å². The van der Waals surface area contributed by atoms with Crippen LogP contribution in [0, 0.1) is 0 Å². The van der Waals surface area contributed by atoms with Gasteiger partial charge in [-0.2, -0.15) is 0 Å². The highest BCUT2D eigenvalue weighted by Gasteiger charge is 2.37. The third-order valence-corrected chi connectivity index (χ3v) is 4.28. The molecule has 1 aromatic carbocycles. The predicted octanol–water partition coefficient (Wildman–Crippen LogP) is 1.43. The highest BCUT2D eigenvalue weighted by atomic mass is 35.5. The first-order chi connectivity index (χ1) is 11.5. The molecule has 2 amide bonds. The molecule has 1 heterocycles. The maximum atomic E-state index is 12.8. The first kappa shape index (κ1) is 21.1. The summed E-state index contributed by atoms with van der Waals surface area (Å²) in [5.74, 6) is 1.10. The van der Waals surface area contributed by atoms with Gasteiger partial charge in [0, 0.05) is 38.2 Å². The third kappa shape index (κ3) is 4.76. The van der Waals surface area contributed by atoms with Crippen molar-refractivity contribution in [3.8, 4) is 11.5 Å². The maximum absolute atomic E-state index is 12.8. The van der Waals surface area contributed by atoms with Crippen LogP contribution in [0.5, 0.6) is 11.5 Å². The van der Waals surface area contributed by atoms with Crippen molar-refractivity contribution >= 4 is 29.9 Å². The van der Waals surface area contributed by atoms with Gasteiger partial charge in [0.1, 0.15) is 17.5 Å². The standard InChI is InChI=1S/C17H25N3O4.ClH/c1-19(16(21)5-4-7-18)15-6-8-20(17(15)22)12-9-13(23-2)11-14(10-12)24-3;/h9-11,15H,4-8,18H2,1-3H3;1H. The van der Waals surface area contributed by atoms with E-state index in [9.17, 15) is 9.59 Å². The normalized spacial score (nSPS) is 16.4. The molecule has 0 radical (unpaired) electrons. The monoisotopic (exact) mass is 371 g/mol. The van der Waals surface area contributed by atoms with Gasteiger partial charge in [0.15, 0.2) is 0 Å². The lowest BCUT2D eigenvalue weighted by atomic mass is 10.2. The number of hydrogen-bond donors (Lipinski definition) is 1. The highest BCUT2D eigenvalue weighted by Crippen LogP contribution is 2.31. The molecule has 1 fully saturated rings. The summed E-state index contributed by atoms with van der Waals surface area (Å²) in [5.41, 5.74) is 6.15. The molecule has 8 heteroatoms. The van der Waals surface area contributed by atoms with Gasteiger partial charge < -0.3 is 25.0 Å². The maximum Gasteiger partial charge on any atom is 0.249 e. The third-order valence-electron chi connectivity index (χ3n) is 4.28. The Morgan fingerprint density at radius 2 is 1.88 bits per heavy atom. The van der Waals surface area contributed by atoms with Gasteiger partial charge >= 0.3 is 0 Å². The molecule has 7 nitrogen and oxygen atoms in total. The summed E-state index contributed by atoms with van der Waals surface area (Å²) >= 11 is 0. The van der Waals surface area contributed by atoms with E-state index >= 15 is 0 Å². The SMILES string of the molecule is COc1cc(OC)cc(N2CCC(N(C)C(=O)CCCN)C2=O)c1.Cl. The Morgan fingerprint density at radius 1 is 1.28 bits per heavy atom. The highest BCUT2D eigenvalue weighted by molar-refractivity contribution is 6.01. The number of carbonyl (C=O) groups is 2. The molecule has 1 saturated heterocycles. The number of nitrogens with two attached hydrogens (primary N) is 1. The number of ether oxygens (including phenoxy) is 2. The molecule has 1 aromatic rings. The first-order valence-electron chi connectivity index (χ1n) is 8.02. The zero-order valence-electron chi connectivity index (χ0n) is 14.9. The zero-order valence-corrected chi connectivity index (χ0v) is 15.7. The van der Waals surface area contributed by atoms with Crippen LogP contribution in [0.2, 0.25) is 0 Å². The summed E-state index contributed by atoms with van der Waals surface area (Å²) in [6.45, 7) is 1.02. The summed E-state index contributed by atoms with van der Waals surface area (Å²) in [4.78, 5) is 28.1. The lowest BCUT2D eigenvalue weighted by Gasteiger charge is -2.24. The van der Waals surface area contributed by atoms with Crippen LogP contribution < -0.4 is 20.1 Å². The van der Waals surface area contributed by atoms with Gasteiger partial charge in [0.05, 0.1) is 19.9 Å². The van der Waals surface area contributed by atoms with Crippen molar-refractivity contribution in [1.29, 1.82) is 0 Å². The van der Waals surface area contributed by atoms with Crippen molar-refractivity contribution in [2.75, 3.05) is 39.3 Å². The minimum absolute atomic E-state index is 0. The summed E-state index contributed by atoms with van der Waals surface area (Å²) < 4.78 is 10.5. The molecule has 1 unspecified atom stereocenters. The van der Waals surface area contributed by atoms with Crippen molar-refractivity contribution in [2.45, 2.75) is 25.3 Å². The molecule has 1 aliphatic heterocycles. The molecule has 2 N–H and O–H groups in total. The molecule has 0 bridgehead atoms. The van der Waals surface area contributed by atoms with E-state index in [1.54, 1.807) is 44.4 Å². The van der Waals surface area contributed by atoms with Gasteiger partial charge in [-0.05, 0) is 19.4 Å². The summed E-state index contributed by atoms with van der Waals surface area (Å²) in [5, 5.41) is 0. The first-order valence-corrected chi connectivity index (χ1v) is 8.02. The average molecular weight is 372 g/mol. The number of rotatable bonds is 7. The van der Waals surface area contributed by atoms with Crippen molar-refractivity contribution < 1.29 is 19.1 Å². The largest absolute Gasteiger partial charge is 0.497 e. The number of carbonyl (C=O) groups excluding carboxylic acids is 2. The molecule has 0 saturated carbocycles. The number of amides is 2. The smallest absolute Gasteiger partial charge is 0.249 e. The average Bonchev–Trinajstić information content (AvgIpc) is 2.99. The van der Waals surface area contributed by atoms with Crippen LogP contribution >= 0.6 is 12.4 Å². The van der Waals surface area contributed by atoms with Crippen molar-refractivity contribution in [3.63, 3.8) is 0 Å². The Labute approximate surface area is 154 Å². The Bertz CT molecular complexity index is 589. The topological polar surface area (TPSA) is 85.1 Å². The summed E-state index contributed by atoms with van der Waals surface area (Å²) in [7, 11) is 4.81. The molecule has 0 spiro atoms. The van der Waals surface area contributed by atoms with E-state index < -0.39 is 6.04 Å². The van der Waals surface area contributed by atoms with Crippen LogP contribution in [0.1, 0.15) is 19.3 Å². The van der Waals surface area contributed by atoms with Gasteiger partial charge in [-0.25, -0.2) is 0 Å². The molecular weight excluding hydrogens is 346 g/mol. The molecule has 2 rings (SSSR count). The second-order valence-electron chi connectivity index (χ2n) is 5.76. The second-order valence-corrected chi connectivity index (χ2v) is 5.76. The van der Waals surface area contributed by atoms with E-state index in [1.165, 1.54) is 4.90 Å². The Hall–Kier alpha value is -1.99. The van der Waals surface area contributed by atoms with E-state index in [4.69, 9.17) is 15.2 Å². The van der Waals surface area contributed by atoms with Crippen LogP contribution in [0.4, 0.5) is 5.69 Å². The van der Waals surface area contributed by atoms with E-state index in [0.717, 1.165) is 0 Å². The Kier molecular flexibility index (Phi) is 7.99. The fraction of sp³-hybridized carbons (Fsp3) is 0.529. The molecule has 0 aliphatic carbocycles. The van der Waals surface area contributed by atoms with Crippen molar-refractivity contribution in [3.05, 3.63) is 18.2 Å². The van der Waals surface area contributed by atoms with E-state index in [-0.39, 0.29) is 24.2 Å². The quantitative estimate of drug-likeness (QED) is 0.783. The van der Waals surface area contributed by atoms with Crippen LogP contribution in [0.3, 0.4) is 0 Å². The van der Waals surface area contributed by atoms with Gasteiger partial charge in [-0.1, -0.05) is 0 Å². The Balaban J connectivity index is 0.00000312. The molecule has 140 valence electrons. The van der Waals surface area contributed by atoms with Gasteiger partial charge in [0.25, 0.3) is 0 Å².